The van der Waals surface area contributed by atoms with Gasteiger partial charge in [-0.15, -0.1) is 0 Å². The Balaban J connectivity index is 2.72. The molecule has 4 heteroatoms. The van der Waals surface area contributed by atoms with E-state index in [1.807, 2.05) is 0 Å². The average Bonchev–Trinajstić information content (AvgIpc) is 2.16. The predicted molar refractivity (Wildman–Crippen MR) is 49.9 cm³/mol. The number of carboxylic acid groups (broad SMARTS) is 1. The number of aliphatic hydroxyl groups is 1. The Kier molecular flexibility index (Phi) is 3.45. The molecule has 1 aliphatic rings. The fraction of sp³-hybridized carbons (Fsp3) is 0.400. The van der Waals surface area contributed by atoms with E-state index in [4.69, 9.17) is 10.2 Å². The van der Waals surface area contributed by atoms with Gasteiger partial charge in [0.15, 0.2) is 5.78 Å². The van der Waals surface area contributed by atoms with Crippen molar-refractivity contribution in [1.82, 2.24) is 0 Å². The van der Waals surface area contributed by atoms with E-state index in [1.165, 1.54) is 6.08 Å². The Morgan fingerprint density at radius 2 is 1.86 bits per heavy atom. The maximum Gasteiger partial charge on any atom is 0.370 e. The van der Waals surface area contributed by atoms with Gasteiger partial charge in [0.05, 0.1) is 0 Å². The minimum Gasteiger partial charge on any atom is -0.502 e. The predicted octanol–water partition coefficient (Wildman–Crippen LogP) is 1.58. The highest BCUT2D eigenvalue weighted by Gasteiger charge is 2.14. The Bertz CT molecular complexity index is 312. The summed E-state index contributed by atoms with van der Waals surface area (Å²) in [5.41, 5.74) is 0.601. The molecule has 1 aliphatic carbocycles. The molecule has 0 atom stereocenters. The molecule has 0 amide bonds. The van der Waals surface area contributed by atoms with Crippen LogP contribution in [0.3, 0.4) is 0 Å². The molecular weight excluding hydrogens is 184 g/mol. The van der Waals surface area contributed by atoms with Gasteiger partial charge in [0.2, 0.25) is 5.76 Å². The van der Waals surface area contributed by atoms with E-state index in [0.717, 1.165) is 18.9 Å². The maximum absolute atomic E-state index is 11.3. The molecule has 0 aliphatic heterocycles. The lowest BCUT2D eigenvalue weighted by atomic mass is 9.93. The van der Waals surface area contributed by atoms with Gasteiger partial charge in [-0.3, -0.25) is 4.79 Å². The fourth-order valence-corrected chi connectivity index (χ4v) is 1.33. The Labute approximate surface area is 81.6 Å². The van der Waals surface area contributed by atoms with Crippen LogP contribution in [0.25, 0.3) is 0 Å². The second kappa shape index (κ2) is 4.60. The molecule has 1 saturated carbocycles. The minimum absolute atomic E-state index is 0.0469. The van der Waals surface area contributed by atoms with Crippen molar-refractivity contribution in [1.29, 1.82) is 0 Å². The van der Waals surface area contributed by atoms with Crippen molar-refractivity contribution in [3.63, 3.8) is 0 Å². The van der Waals surface area contributed by atoms with Crippen LogP contribution in [0.2, 0.25) is 0 Å². The number of ketones is 1. The molecular formula is C10H12O4. The normalized spacial score (nSPS) is 21.3. The Morgan fingerprint density at radius 3 is 2.43 bits per heavy atom. The van der Waals surface area contributed by atoms with E-state index in [9.17, 15) is 9.59 Å². The first-order valence-electron chi connectivity index (χ1n) is 4.47. The minimum atomic E-state index is -1.38. The Morgan fingerprint density at radius 1 is 1.21 bits per heavy atom. The van der Waals surface area contributed by atoms with E-state index in [-0.39, 0.29) is 5.78 Å². The largest absolute Gasteiger partial charge is 0.502 e. The number of allylic oxidation sites excluding steroid dienone is 3. The van der Waals surface area contributed by atoms with Gasteiger partial charge in [-0.05, 0) is 30.9 Å². The van der Waals surface area contributed by atoms with Crippen molar-refractivity contribution in [2.24, 2.45) is 0 Å². The van der Waals surface area contributed by atoms with Gasteiger partial charge in [0.1, 0.15) is 0 Å². The molecule has 0 saturated heterocycles. The number of carbonyl (C=O) groups is 2. The van der Waals surface area contributed by atoms with Gasteiger partial charge < -0.3 is 10.2 Å². The summed E-state index contributed by atoms with van der Waals surface area (Å²) in [5, 5.41) is 17.2. The van der Waals surface area contributed by atoms with E-state index in [0.29, 0.717) is 18.4 Å². The van der Waals surface area contributed by atoms with Crippen molar-refractivity contribution < 1.29 is 19.8 Å². The number of rotatable bonds is 2. The van der Waals surface area contributed by atoms with Crippen LogP contribution in [0.15, 0.2) is 23.5 Å². The average molecular weight is 196 g/mol. The summed E-state index contributed by atoms with van der Waals surface area (Å²) in [6, 6.07) is 0. The number of aliphatic carboxylic acids is 1. The number of Topliss-reactive ketones (excluding diaryl/α,β-unsaturated/α-hetero) is 1. The zero-order valence-electron chi connectivity index (χ0n) is 7.69. The van der Waals surface area contributed by atoms with Gasteiger partial charge >= 0.3 is 5.97 Å². The van der Waals surface area contributed by atoms with Gasteiger partial charge in [0, 0.05) is 6.42 Å². The van der Waals surface area contributed by atoms with Crippen molar-refractivity contribution in [3.05, 3.63) is 23.5 Å². The van der Waals surface area contributed by atoms with E-state index >= 15 is 0 Å². The molecule has 0 heterocycles. The van der Waals surface area contributed by atoms with Crippen molar-refractivity contribution >= 4 is 11.8 Å². The second-order valence-electron chi connectivity index (χ2n) is 3.18. The Hall–Kier alpha value is -1.58. The zero-order chi connectivity index (χ0) is 10.6. The van der Waals surface area contributed by atoms with Crippen molar-refractivity contribution in [2.75, 3.05) is 0 Å². The lowest BCUT2D eigenvalue weighted by molar-refractivity contribution is -0.135. The SMILES string of the molecule is O=C(O)/C(O)=C/C=C1/CCCCC1=O. The number of hydrogen-bond acceptors (Lipinski definition) is 3. The van der Waals surface area contributed by atoms with E-state index < -0.39 is 11.7 Å². The lowest BCUT2D eigenvalue weighted by Gasteiger charge is -2.11. The summed E-state index contributed by atoms with van der Waals surface area (Å²) in [4.78, 5) is 21.5. The molecule has 2 N–H and O–H groups in total. The van der Waals surface area contributed by atoms with Crippen LogP contribution in [0.5, 0.6) is 0 Å². The summed E-state index contributed by atoms with van der Waals surface area (Å²) in [6.45, 7) is 0. The zero-order valence-corrected chi connectivity index (χ0v) is 7.69. The van der Waals surface area contributed by atoms with Crippen LogP contribution in [0.4, 0.5) is 0 Å². The van der Waals surface area contributed by atoms with Crippen molar-refractivity contribution in [3.8, 4) is 0 Å². The van der Waals surface area contributed by atoms with Crippen LogP contribution in [0.1, 0.15) is 25.7 Å². The summed E-state index contributed by atoms with van der Waals surface area (Å²) in [6.07, 6.45) is 5.48. The number of carboxylic acids is 1. The van der Waals surface area contributed by atoms with Gasteiger partial charge in [-0.1, -0.05) is 6.08 Å². The molecule has 0 bridgehead atoms. The summed E-state index contributed by atoms with van der Waals surface area (Å²) in [7, 11) is 0. The second-order valence-corrected chi connectivity index (χ2v) is 3.18. The van der Waals surface area contributed by atoms with Crippen LogP contribution in [-0.2, 0) is 9.59 Å². The van der Waals surface area contributed by atoms with Crippen LogP contribution in [0, 0.1) is 0 Å². The van der Waals surface area contributed by atoms with Crippen LogP contribution in [-0.4, -0.2) is 22.0 Å². The first-order chi connectivity index (χ1) is 6.61. The van der Waals surface area contributed by atoms with Crippen LogP contribution < -0.4 is 0 Å². The van der Waals surface area contributed by atoms with E-state index in [2.05, 4.69) is 0 Å². The molecule has 1 rings (SSSR count). The summed E-state index contributed by atoms with van der Waals surface area (Å²) >= 11 is 0. The van der Waals surface area contributed by atoms with Crippen molar-refractivity contribution in [2.45, 2.75) is 25.7 Å². The first-order valence-corrected chi connectivity index (χ1v) is 4.47. The molecule has 76 valence electrons. The number of hydrogen-bond donors (Lipinski definition) is 2. The highest BCUT2D eigenvalue weighted by Crippen LogP contribution is 2.19. The van der Waals surface area contributed by atoms with Crippen LogP contribution >= 0.6 is 0 Å². The summed E-state index contributed by atoms with van der Waals surface area (Å²) in [5.74, 6) is -2.08. The topological polar surface area (TPSA) is 74.6 Å². The molecule has 0 spiro atoms. The highest BCUT2D eigenvalue weighted by molar-refractivity contribution is 5.96. The molecule has 0 aromatic rings. The van der Waals surface area contributed by atoms with Gasteiger partial charge in [-0.25, -0.2) is 4.79 Å². The number of aliphatic hydroxyl groups excluding tert-OH is 1. The molecule has 4 nitrogen and oxygen atoms in total. The van der Waals surface area contributed by atoms with Gasteiger partial charge in [-0.2, -0.15) is 0 Å². The molecule has 0 aromatic heterocycles. The molecule has 0 aromatic carbocycles. The van der Waals surface area contributed by atoms with E-state index in [1.54, 1.807) is 0 Å². The monoisotopic (exact) mass is 196 g/mol. The number of carbonyl (C=O) groups excluding carboxylic acids is 1. The lowest BCUT2D eigenvalue weighted by Crippen LogP contribution is -2.08. The quantitative estimate of drug-likeness (QED) is 0.519. The fourth-order valence-electron chi connectivity index (χ4n) is 1.33. The molecule has 0 radical (unpaired) electrons. The molecule has 0 unspecified atom stereocenters. The molecule has 14 heavy (non-hydrogen) atoms. The standard InChI is InChI=1S/C10H12O4/c11-8-4-2-1-3-7(8)5-6-9(12)10(13)14/h5-6,12H,1-4H2,(H,13,14)/b7-5-,9-6-. The smallest absolute Gasteiger partial charge is 0.370 e. The first kappa shape index (κ1) is 10.5. The maximum atomic E-state index is 11.3. The third-order valence-corrected chi connectivity index (χ3v) is 2.12. The van der Waals surface area contributed by atoms with Gasteiger partial charge in [0.25, 0.3) is 0 Å². The third-order valence-electron chi connectivity index (χ3n) is 2.12. The highest BCUT2D eigenvalue weighted by atomic mass is 16.4. The molecule has 1 fully saturated rings. The third kappa shape index (κ3) is 2.73. The summed E-state index contributed by atoms with van der Waals surface area (Å²) < 4.78 is 0.